The molecule has 0 spiro atoms. The Morgan fingerprint density at radius 2 is 2.07 bits per heavy atom. The summed E-state index contributed by atoms with van der Waals surface area (Å²) < 4.78 is 7.15. The molecule has 0 aliphatic heterocycles. The van der Waals surface area contributed by atoms with Crippen molar-refractivity contribution < 1.29 is 9.21 Å². The van der Waals surface area contributed by atoms with Gasteiger partial charge in [0.15, 0.2) is 17.4 Å². The van der Waals surface area contributed by atoms with Gasteiger partial charge in [0, 0.05) is 30.6 Å². The van der Waals surface area contributed by atoms with E-state index in [1.807, 2.05) is 32.0 Å². The van der Waals surface area contributed by atoms with Crippen LogP contribution in [0.1, 0.15) is 23.4 Å². The Hall–Kier alpha value is -3.81. The normalized spacial score (nSPS) is 10.8. The van der Waals surface area contributed by atoms with Gasteiger partial charge < -0.3 is 9.73 Å². The van der Waals surface area contributed by atoms with Crippen LogP contribution in [-0.4, -0.2) is 30.6 Å². The van der Waals surface area contributed by atoms with Crippen molar-refractivity contribution in [3.05, 3.63) is 72.0 Å². The van der Waals surface area contributed by atoms with Crippen molar-refractivity contribution in [2.24, 2.45) is 0 Å². The lowest BCUT2D eigenvalue weighted by Crippen LogP contribution is -2.15. The van der Waals surface area contributed by atoms with Gasteiger partial charge in [-0.3, -0.25) is 9.78 Å². The molecule has 4 aromatic rings. The Morgan fingerprint density at radius 1 is 1.17 bits per heavy atom. The maximum absolute atomic E-state index is 12.5. The second-order valence-corrected chi connectivity index (χ2v) is 6.66. The van der Waals surface area contributed by atoms with E-state index in [1.54, 1.807) is 41.5 Å². The molecular weight excluding hydrogens is 368 g/mol. The molecule has 0 radical (unpaired) electrons. The number of anilines is 1. The largest absolute Gasteiger partial charge is 0.461 e. The van der Waals surface area contributed by atoms with E-state index in [2.05, 4.69) is 25.4 Å². The summed E-state index contributed by atoms with van der Waals surface area (Å²) in [5.41, 5.74) is 2.81. The fourth-order valence-corrected chi connectivity index (χ4v) is 2.99. The highest BCUT2D eigenvalue weighted by molar-refractivity contribution is 5.90. The van der Waals surface area contributed by atoms with Crippen molar-refractivity contribution in [3.63, 3.8) is 0 Å². The first-order chi connectivity index (χ1) is 14.1. The standard InChI is InChI=1S/C21H20N6O2/c1-14-11-15(2)27(26-14)19-12-18(24-21(25-19)17-6-4-10-29-17)23-20(28)8-7-16-5-3-9-22-13-16/h3-6,9-13H,7-8H2,1-2H3,(H,23,24,25,28). The van der Waals surface area contributed by atoms with Crippen LogP contribution in [0, 0.1) is 13.8 Å². The zero-order valence-corrected chi connectivity index (χ0v) is 16.2. The van der Waals surface area contributed by atoms with Crippen molar-refractivity contribution in [1.29, 1.82) is 0 Å². The first kappa shape index (κ1) is 18.5. The summed E-state index contributed by atoms with van der Waals surface area (Å²) in [5.74, 6) is 1.70. The number of carbonyl (C=O) groups excluding carboxylic acids is 1. The van der Waals surface area contributed by atoms with Crippen LogP contribution in [0.25, 0.3) is 17.4 Å². The molecule has 0 atom stereocenters. The number of nitrogens with zero attached hydrogens (tertiary/aromatic N) is 5. The van der Waals surface area contributed by atoms with Gasteiger partial charge in [-0.2, -0.15) is 5.10 Å². The van der Waals surface area contributed by atoms with Gasteiger partial charge in [0.2, 0.25) is 5.91 Å². The quantitative estimate of drug-likeness (QED) is 0.543. The number of carbonyl (C=O) groups is 1. The second-order valence-electron chi connectivity index (χ2n) is 6.66. The fraction of sp³-hybridized carbons (Fsp3) is 0.190. The zero-order valence-electron chi connectivity index (χ0n) is 16.2. The highest BCUT2D eigenvalue weighted by Gasteiger charge is 2.14. The average Bonchev–Trinajstić information content (AvgIpc) is 3.36. The van der Waals surface area contributed by atoms with Crippen molar-refractivity contribution in [2.45, 2.75) is 26.7 Å². The van der Waals surface area contributed by atoms with Crippen molar-refractivity contribution in [2.75, 3.05) is 5.32 Å². The molecule has 0 saturated heterocycles. The van der Waals surface area contributed by atoms with Crippen LogP contribution in [0.15, 0.2) is 59.5 Å². The minimum Gasteiger partial charge on any atom is -0.461 e. The Kier molecular flexibility index (Phi) is 5.15. The van der Waals surface area contributed by atoms with Gasteiger partial charge in [-0.1, -0.05) is 6.07 Å². The summed E-state index contributed by atoms with van der Waals surface area (Å²) in [6, 6.07) is 11.0. The maximum atomic E-state index is 12.5. The maximum Gasteiger partial charge on any atom is 0.225 e. The molecule has 1 amide bonds. The number of aryl methyl sites for hydroxylation is 3. The Labute approximate surface area is 167 Å². The highest BCUT2D eigenvalue weighted by atomic mass is 16.3. The van der Waals surface area contributed by atoms with Crippen molar-refractivity contribution in [1.82, 2.24) is 24.7 Å². The summed E-state index contributed by atoms with van der Waals surface area (Å²) in [4.78, 5) is 25.5. The summed E-state index contributed by atoms with van der Waals surface area (Å²) in [6.45, 7) is 3.86. The number of pyridine rings is 1. The molecule has 1 N–H and O–H groups in total. The molecule has 29 heavy (non-hydrogen) atoms. The number of nitrogens with one attached hydrogen (secondary N) is 1. The predicted octanol–water partition coefficient (Wildman–Crippen LogP) is 3.51. The van der Waals surface area contributed by atoms with Crippen molar-refractivity contribution in [3.8, 4) is 17.4 Å². The predicted molar refractivity (Wildman–Crippen MR) is 108 cm³/mol. The fourth-order valence-electron chi connectivity index (χ4n) is 2.99. The van der Waals surface area contributed by atoms with E-state index in [4.69, 9.17) is 4.42 Å². The van der Waals surface area contributed by atoms with E-state index in [-0.39, 0.29) is 5.91 Å². The molecule has 0 bridgehead atoms. The molecule has 0 saturated carbocycles. The lowest BCUT2D eigenvalue weighted by Gasteiger charge is -2.10. The van der Waals surface area contributed by atoms with E-state index in [0.717, 1.165) is 17.0 Å². The minimum absolute atomic E-state index is 0.141. The van der Waals surface area contributed by atoms with Crippen LogP contribution >= 0.6 is 0 Å². The molecule has 0 unspecified atom stereocenters. The van der Waals surface area contributed by atoms with E-state index < -0.39 is 0 Å². The molecule has 0 aliphatic rings. The lowest BCUT2D eigenvalue weighted by molar-refractivity contribution is -0.116. The molecule has 4 aromatic heterocycles. The average molecular weight is 388 g/mol. The number of rotatable bonds is 6. The monoisotopic (exact) mass is 388 g/mol. The lowest BCUT2D eigenvalue weighted by atomic mass is 10.1. The molecule has 4 heterocycles. The van der Waals surface area contributed by atoms with Crippen LogP contribution in [0.5, 0.6) is 0 Å². The summed E-state index contributed by atoms with van der Waals surface area (Å²) in [7, 11) is 0. The van der Waals surface area contributed by atoms with Gasteiger partial charge in [0.05, 0.1) is 12.0 Å². The molecule has 4 rings (SSSR count). The van der Waals surface area contributed by atoms with Crippen LogP contribution in [0.3, 0.4) is 0 Å². The molecule has 0 aliphatic carbocycles. The third kappa shape index (κ3) is 4.37. The summed E-state index contributed by atoms with van der Waals surface area (Å²) in [6.07, 6.45) is 5.94. The van der Waals surface area contributed by atoms with Gasteiger partial charge in [0.1, 0.15) is 5.82 Å². The smallest absolute Gasteiger partial charge is 0.225 e. The van der Waals surface area contributed by atoms with Crippen LogP contribution in [0.2, 0.25) is 0 Å². The van der Waals surface area contributed by atoms with Gasteiger partial charge in [-0.25, -0.2) is 14.6 Å². The number of hydrogen-bond acceptors (Lipinski definition) is 6. The second kappa shape index (κ2) is 8.05. The molecule has 0 aromatic carbocycles. The highest BCUT2D eigenvalue weighted by Crippen LogP contribution is 2.21. The Bertz CT molecular complexity index is 1120. The van der Waals surface area contributed by atoms with Crippen LogP contribution < -0.4 is 5.32 Å². The molecule has 8 nitrogen and oxygen atoms in total. The van der Waals surface area contributed by atoms with Gasteiger partial charge >= 0.3 is 0 Å². The van der Waals surface area contributed by atoms with E-state index in [9.17, 15) is 4.79 Å². The third-order valence-corrected chi connectivity index (χ3v) is 4.31. The Morgan fingerprint density at radius 3 is 2.76 bits per heavy atom. The van der Waals surface area contributed by atoms with Crippen LogP contribution in [0.4, 0.5) is 5.82 Å². The van der Waals surface area contributed by atoms with Crippen LogP contribution in [-0.2, 0) is 11.2 Å². The number of furan rings is 1. The van der Waals surface area contributed by atoms with E-state index in [1.165, 1.54) is 0 Å². The minimum atomic E-state index is -0.141. The first-order valence-electron chi connectivity index (χ1n) is 9.24. The van der Waals surface area contributed by atoms with E-state index in [0.29, 0.717) is 36.1 Å². The summed E-state index contributed by atoms with van der Waals surface area (Å²) in [5, 5.41) is 7.33. The molecule has 0 fully saturated rings. The number of amides is 1. The Balaban J connectivity index is 1.60. The van der Waals surface area contributed by atoms with Gasteiger partial charge in [-0.15, -0.1) is 0 Å². The number of aromatic nitrogens is 5. The van der Waals surface area contributed by atoms with Crippen molar-refractivity contribution >= 4 is 11.7 Å². The third-order valence-electron chi connectivity index (χ3n) is 4.31. The topological polar surface area (TPSA) is 98.7 Å². The zero-order chi connectivity index (χ0) is 20.2. The molecule has 8 heteroatoms. The summed E-state index contributed by atoms with van der Waals surface area (Å²) >= 11 is 0. The van der Waals surface area contributed by atoms with Gasteiger partial charge in [-0.05, 0) is 50.1 Å². The first-order valence-corrected chi connectivity index (χ1v) is 9.24. The molecule has 146 valence electrons. The van der Waals surface area contributed by atoms with E-state index >= 15 is 0 Å². The van der Waals surface area contributed by atoms with Gasteiger partial charge in [0.25, 0.3) is 0 Å². The molecular formula is C21H20N6O2. The SMILES string of the molecule is Cc1cc(C)n(-c2cc(NC(=O)CCc3cccnc3)nc(-c3ccco3)n2)n1. The number of hydrogen-bond donors (Lipinski definition) is 1.